The third kappa shape index (κ3) is 3.78. The minimum absolute atomic E-state index is 0.0610. The first-order valence-electron chi connectivity index (χ1n) is 6.01. The van der Waals surface area contributed by atoms with Gasteiger partial charge >= 0.3 is 5.97 Å². The third-order valence-corrected chi connectivity index (χ3v) is 2.67. The molecule has 0 saturated heterocycles. The SMILES string of the molecule is Cc1ccc(OC(=O)C(=O)Cc2ccccc2)cc1. The van der Waals surface area contributed by atoms with Crippen LogP contribution < -0.4 is 4.74 Å². The molecular weight excluding hydrogens is 240 g/mol. The Morgan fingerprint density at radius 2 is 1.58 bits per heavy atom. The summed E-state index contributed by atoms with van der Waals surface area (Å²) in [5, 5.41) is 0. The van der Waals surface area contributed by atoms with Crippen LogP contribution >= 0.6 is 0 Å². The molecule has 0 spiro atoms. The van der Waals surface area contributed by atoms with E-state index in [2.05, 4.69) is 0 Å². The highest BCUT2D eigenvalue weighted by Gasteiger charge is 2.16. The lowest BCUT2D eigenvalue weighted by Gasteiger charge is -2.04. The number of ketones is 1. The molecule has 2 rings (SSSR count). The van der Waals surface area contributed by atoms with Crippen LogP contribution in [0.2, 0.25) is 0 Å². The Morgan fingerprint density at radius 3 is 2.21 bits per heavy atom. The smallest absolute Gasteiger partial charge is 0.380 e. The van der Waals surface area contributed by atoms with Crippen molar-refractivity contribution in [3.8, 4) is 5.75 Å². The zero-order valence-corrected chi connectivity index (χ0v) is 10.6. The first-order chi connectivity index (χ1) is 9.15. The number of esters is 1. The van der Waals surface area contributed by atoms with E-state index in [0.29, 0.717) is 5.75 Å². The molecule has 0 amide bonds. The van der Waals surface area contributed by atoms with E-state index in [1.165, 1.54) is 0 Å². The van der Waals surface area contributed by atoms with Gasteiger partial charge in [-0.15, -0.1) is 0 Å². The second-order valence-corrected chi connectivity index (χ2v) is 4.29. The van der Waals surface area contributed by atoms with Crippen molar-refractivity contribution in [2.75, 3.05) is 0 Å². The summed E-state index contributed by atoms with van der Waals surface area (Å²) in [5.41, 5.74) is 1.86. The molecule has 0 radical (unpaired) electrons. The van der Waals surface area contributed by atoms with Crippen molar-refractivity contribution in [1.29, 1.82) is 0 Å². The fraction of sp³-hybridized carbons (Fsp3) is 0.125. The Bertz CT molecular complexity index is 571. The van der Waals surface area contributed by atoms with E-state index in [4.69, 9.17) is 4.74 Å². The number of ether oxygens (including phenoxy) is 1. The zero-order valence-electron chi connectivity index (χ0n) is 10.6. The number of carbonyl (C=O) groups excluding carboxylic acids is 2. The quantitative estimate of drug-likeness (QED) is 0.478. The van der Waals surface area contributed by atoms with Crippen LogP contribution in [0.4, 0.5) is 0 Å². The molecular formula is C16H14O3. The predicted molar refractivity (Wildman–Crippen MR) is 72.0 cm³/mol. The molecule has 0 fully saturated rings. The molecule has 0 saturated carbocycles. The van der Waals surface area contributed by atoms with Crippen molar-refractivity contribution in [3.05, 3.63) is 65.7 Å². The van der Waals surface area contributed by atoms with E-state index in [1.807, 2.05) is 37.3 Å². The summed E-state index contributed by atoms with van der Waals surface area (Å²) in [6, 6.07) is 16.1. The van der Waals surface area contributed by atoms with Crippen LogP contribution in [0.15, 0.2) is 54.6 Å². The topological polar surface area (TPSA) is 43.4 Å². The Hall–Kier alpha value is -2.42. The maximum absolute atomic E-state index is 11.7. The van der Waals surface area contributed by atoms with Gasteiger partial charge in [-0.05, 0) is 24.6 Å². The summed E-state index contributed by atoms with van der Waals surface area (Å²) < 4.78 is 5.01. The van der Waals surface area contributed by atoms with Crippen molar-refractivity contribution < 1.29 is 14.3 Å². The van der Waals surface area contributed by atoms with Crippen molar-refractivity contribution in [1.82, 2.24) is 0 Å². The molecule has 0 unspecified atom stereocenters. The first-order valence-corrected chi connectivity index (χ1v) is 6.01. The highest BCUT2D eigenvalue weighted by Crippen LogP contribution is 2.12. The van der Waals surface area contributed by atoms with E-state index in [0.717, 1.165) is 11.1 Å². The lowest BCUT2D eigenvalue weighted by molar-refractivity contribution is -0.146. The molecule has 19 heavy (non-hydrogen) atoms. The molecule has 0 aliphatic rings. The van der Waals surface area contributed by atoms with Gasteiger partial charge in [-0.1, -0.05) is 48.0 Å². The van der Waals surface area contributed by atoms with Gasteiger partial charge in [-0.3, -0.25) is 4.79 Å². The molecule has 96 valence electrons. The molecule has 2 aromatic rings. The third-order valence-electron chi connectivity index (χ3n) is 2.67. The monoisotopic (exact) mass is 254 g/mol. The van der Waals surface area contributed by atoms with Crippen LogP contribution in [0.3, 0.4) is 0 Å². The average Bonchev–Trinajstić information content (AvgIpc) is 2.42. The molecule has 0 bridgehead atoms. The average molecular weight is 254 g/mol. The van der Waals surface area contributed by atoms with Crippen LogP contribution in [0.1, 0.15) is 11.1 Å². The van der Waals surface area contributed by atoms with Gasteiger partial charge in [0.2, 0.25) is 5.78 Å². The summed E-state index contributed by atoms with van der Waals surface area (Å²) in [6.45, 7) is 1.94. The van der Waals surface area contributed by atoms with Crippen LogP contribution in [0, 0.1) is 6.92 Å². The second kappa shape index (κ2) is 5.96. The molecule has 3 nitrogen and oxygen atoms in total. The van der Waals surface area contributed by atoms with Gasteiger partial charge in [0.15, 0.2) is 0 Å². The fourth-order valence-electron chi connectivity index (χ4n) is 1.62. The number of Topliss-reactive ketones (excluding diaryl/α,β-unsaturated/α-hetero) is 1. The van der Waals surface area contributed by atoms with Gasteiger partial charge in [0.05, 0.1) is 0 Å². The van der Waals surface area contributed by atoms with E-state index in [1.54, 1.807) is 24.3 Å². The summed E-state index contributed by atoms with van der Waals surface area (Å²) in [4.78, 5) is 23.3. The van der Waals surface area contributed by atoms with Crippen LogP contribution in [0.5, 0.6) is 5.75 Å². The Balaban J connectivity index is 1.96. The summed E-state index contributed by atoms with van der Waals surface area (Å²) in [7, 11) is 0. The van der Waals surface area contributed by atoms with E-state index in [-0.39, 0.29) is 6.42 Å². The van der Waals surface area contributed by atoms with Gasteiger partial charge in [0, 0.05) is 6.42 Å². The van der Waals surface area contributed by atoms with Crippen LogP contribution in [0.25, 0.3) is 0 Å². The van der Waals surface area contributed by atoms with Gasteiger partial charge in [-0.25, -0.2) is 4.79 Å². The van der Waals surface area contributed by atoms with E-state index >= 15 is 0 Å². The molecule has 0 atom stereocenters. The molecule has 2 aromatic carbocycles. The van der Waals surface area contributed by atoms with Crippen molar-refractivity contribution in [2.24, 2.45) is 0 Å². The minimum atomic E-state index is -0.826. The summed E-state index contributed by atoms with van der Waals surface area (Å²) in [6.07, 6.45) is 0.0610. The molecule has 3 heteroatoms. The zero-order chi connectivity index (χ0) is 13.7. The maximum Gasteiger partial charge on any atom is 0.380 e. The van der Waals surface area contributed by atoms with Gasteiger partial charge in [0.1, 0.15) is 5.75 Å². The standard InChI is InChI=1S/C16H14O3/c1-12-7-9-14(10-8-12)19-16(18)15(17)11-13-5-3-2-4-6-13/h2-10H,11H2,1H3. The number of carbonyl (C=O) groups is 2. The van der Waals surface area contributed by atoms with Crippen molar-refractivity contribution in [3.63, 3.8) is 0 Å². The fourth-order valence-corrected chi connectivity index (χ4v) is 1.62. The van der Waals surface area contributed by atoms with Crippen molar-refractivity contribution >= 4 is 11.8 Å². The second-order valence-electron chi connectivity index (χ2n) is 4.29. The maximum atomic E-state index is 11.7. The van der Waals surface area contributed by atoms with Gasteiger partial charge < -0.3 is 4.74 Å². The number of aryl methyl sites for hydroxylation is 1. The van der Waals surface area contributed by atoms with E-state index in [9.17, 15) is 9.59 Å². The molecule has 0 aromatic heterocycles. The van der Waals surface area contributed by atoms with Gasteiger partial charge in [0.25, 0.3) is 0 Å². The first kappa shape index (κ1) is 13.0. The minimum Gasteiger partial charge on any atom is -0.421 e. The van der Waals surface area contributed by atoms with E-state index < -0.39 is 11.8 Å². The molecule has 0 aliphatic carbocycles. The largest absolute Gasteiger partial charge is 0.421 e. The summed E-state index contributed by atoms with van der Waals surface area (Å²) >= 11 is 0. The number of benzene rings is 2. The number of rotatable bonds is 4. The predicted octanol–water partition coefficient (Wildman–Crippen LogP) is 2.71. The highest BCUT2D eigenvalue weighted by atomic mass is 16.5. The number of hydrogen-bond acceptors (Lipinski definition) is 3. The molecule has 0 aliphatic heterocycles. The van der Waals surface area contributed by atoms with Crippen molar-refractivity contribution in [2.45, 2.75) is 13.3 Å². The van der Waals surface area contributed by atoms with Gasteiger partial charge in [-0.2, -0.15) is 0 Å². The summed E-state index contributed by atoms with van der Waals surface area (Å²) in [5.74, 6) is -0.989. The highest BCUT2D eigenvalue weighted by molar-refractivity contribution is 6.34. The van der Waals surface area contributed by atoms with Crippen LogP contribution in [-0.2, 0) is 16.0 Å². The normalized spacial score (nSPS) is 9.95. The lowest BCUT2D eigenvalue weighted by atomic mass is 10.1. The van der Waals surface area contributed by atoms with Crippen LogP contribution in [-0.4, -0.2) is 11.8 Å². The lowest BCUT2D eigenvalue weighted by Crippen LogP contribution is -2.22. The Kier molecular flexibility index (Phi) is 4.08. The molecule has 0 heterocycles. The Morgan fingerprint density at radius 1 is 0.947 bits per heavy atom. The Labute approximate surface area is 111 Å². The molecule has 0 N–H and O–H groups in total. The number of hydrogen-bond donors (Lipinski definition) is 0.